The van der Waals surface area contributed by atoms with E-state index in [1.807, 2.05) is 0 Å². The van der Waals surface area contributed by atoms with Crippen molar-refractivity contribution in [2.45, 2.75) is 6.92 Å². The third-order valence-electron chi connectivity index (χ3n) is 0.827. The minimum atomic E-state index is -4.17. The van der Waals surface area contributed by atoms with Crippen LogP contribution in [0.2, 0.25) is 0 Å². The van der Waals surface area contributed by atoms with Crippen LogP contribution in [-0.4, -0.2) is 30.9 Å². The molecule has 0 aromatic carbocycles. The fourth-order valence-corrected chi connectivity index (χ4v) is 0.474. The van der Waals surface area contributed by atoms with Gasteiger partial charge >= 0.3 is 18.9 Å². The van der Waals surface area contributed by atoms with Crippen LogP contribution in [0, 0.1) is 0 Å². The molecule has 0 heterocycles. The van der Waals surface area contributed by atoms with Crippen molar-refractivity contribution >= 4 is 10.3 Å². The summed E-state index contributed by atoms with van der Waals surface area (Å²) in [7, 11) is -2.93. The molecule has 6 heteroatoms. The van der Waals surface area contributed by atoms with Crippen LogP contribution in [0.3, 0.4) is 0 Å². The van der Waals surface area contributed by atoms with Gasteiger partial charge in [-0.1, -0.05) is 6.92 Å². The van der Waals surface area contributed by atoms with Crippen LogP contribution in [0.4, 0.5) is 0 Å². The first-order valence-electron chi connectivity index (χ1n) is 2.15. The molecule has 0 N–H and O–H groups in total. The largest absolute Gasteiger partial charge is 1.00 e. The Balaban J connectivity index is 0. The van der Waals surface area contributed by atoms with Crippen LogP contribution in [0.1, 0.15) is 6.92 Å². The third kappa shape index (κ3) is 4.94. The molecule has 4 nitrogen and oxygen atoms in total. The summed E-state index contributed by atoms with van der Waals surface area (Å²) in [6, 6.07) is 0. The van der Waals surface area contributed by atoms with Crippen LogP contribution in [0.5, 0.6) is 0 Å². The van der Waals surface area contributed by atoms with Crippen molar-refractivity contribution in [1.82, 2.24) is 4.31 Å². The summed E-state index contributed by atoms with van der Waals surface area (Å²) in [5.74, 6) is 0. The van der Waals surface area contributed by atoms with Crippen LogP contribution in [-0.2, 0) is 10.3 Å². The summed E-state index contributed by atoms with van der Waals surface area (Å²) in [5.41, 5.74) is 0. The first kappa shape index (κ1) is 12.2. The molecule has 0 saturated heterocycles. The molecule has 0 radical (unpaired) electrons. The predicted octanol–water partition coefficient (Wildman–Crippen LogP) is -3.60. The quantitative estimate of drug-likeness (QED) is 0.298. The average molecular weight is 145 g/mol. The van der Waals surface area contributed by atoms with Gasteiger partial charge in [0.1, 0.15) is 0 Å². The number of rotatable bonds is 2. The fraction of sp³-hybridized carbons (Fsp3) is 1.00. The van der Waals surface area contributed by atoms with E-state index in [9.17, 15) is 13.0 Å². The SMILES string of the molecule is CCN(C)S(=O)(=O)[O-].[Li+]. The van der Waals surface area contributed by atoms with Gasteiger partial charge in [0.2, 0.25) is 0 Å². The Morgan fingerprint density at radius 1 is 1.56 bits per heavy atom. The molecule has 0 aliphatic carbocycles. The molecule has 0 aromatic heterocycles. The molecule has 0 saturated carbocycles. The Labute approximate surface area is 67.3 Å². The molecule has 0 bridgehead atoms. The van der Waals surface area contributed by atoms with Gasteiger partial charge in [-0.25, -0.2) is 12.7 Å². The minimum Gasteiger partial charge on any atom is -0.735 e. The van der Waals surface area contributed by atoms with Gasteiger partial charge in [0, 0.05) is 13.6 Å². The number of hydrogen-bond donors (Lipinski definition) is 0. The van der Waals surface area contributed by atoms with Crippen molar-refractivity contribution in [2.24, 2.45) is 0 Å². The van der Waals surface area contributed by atoms with Gasteiger partial charge < -0.3 is 4.55 Å². The van der Waals surface area contributed by atoms with Gasteiger partial charge in [-0.3, -0.25) is 0 Å². The molecule has 9 heavy (non-hydrogen) atoms. The average Bonchev–Trinajstić information content (AvgIpc) is 1.62. The third-order valence-corrected chi connectivity index (χ3v) is 1.85. The second kappa shape index (κ2) is 4.31. The van der Waals surface area contributed by atoms with Crippen LogP contribution < -0.4 is 18.9 Å². The number of hydrogen-bond acceptors (Lipinski definition) is 3. The molecule has 0 amide bonds. The molecular weight excluding hydrogens is 137 g/mol. The Morgan fingerprint density at radius 3 is 1.89 bits per heavy atom. The molecule has 0 aromatic rings. The summed E-state index contributed by atoms with van der Waals surface area (Å²) < 4.78 is 30.5. The van der Waals surface area contributed by atoms with Crippen molar-refractivity contribution in [3.8, 4) is 0 Å². The van der Waals surface area contributed by atoms with Gasteiger partial charge in [0.05, 0.1) is 0 Å². The Kier molecular flexibility index (Phi) is 5.83. The Morgan fingerprint density at radius 2 is 1.89 bits per heavy atom. The summed E-state index contributed by atoms with van der Waals surface area (Å²) in [6.45, 7) is 1.82. The monoisotopic (exact) mass is 145 g/mol. The zero-order valence-corrected chi connectivity index (χ0v) is 6.60. The molecule has 50 valence electrons. The summed E-state index contributed by atoms with van der Waals surface area (Å²) >= 11 is 0. The van der Waals surface area contributed by atoms with Crippen LogP contribution in [0.25, 0.3) is 0 Å². The van der Waals surface area contributed by atoms with Crippen molar-refractivity contribution in [1.29, 1.82) is 0 Å². The molecule has 0 atom stereocenters. The van der Waals surface area contributed by atoms with Crippen molar-refractivity contribution in [3.05, 3.63) is 0 Å². The summed E-state index contributed by atoms with van der Waals surface area (Å²) in [5, 5.41) is 0. The zero-order valence-electron chi connectivity index (χ0n) is 5.79. The smallest absolute Gasteiger partial charge is 0.735 e. The van der Waals surface area contributed by atoms with E-state index in [2.05, 4.69) is 0 Å². The van der Waals surface area contributed by atoms with E-state index in [-0.39, 0.29) is 25.4 Å². The Bertz CT molecular complexity index is 154. The molecule has 0 unspecified atom stereocenters. The van der Waals surface area contributed by atoms with Gasteiger partial charge in [-0.15, -0.1) is 0 Å². The van der Waals surface area contributed by atoms with Gasteiger partial charge in [-0.2, -0.15) is 0 Å². The van der Waals surface area contributed by atoms with E-state index < -0.39 is 10.3 Å². The van der Waals surface area contributed by atoms with Crippen molar-refractivity contribution < 1.29 is 31.8 Å². The van der Waals surface area contributed by atoms with Gasteiger partial charge in [-0.05, 0) is 0 Å². The second-order valence-electron chi connectivity index (χ2n) is 1.37. The minimum absolute atomic E-state index is 0. The van der Waals surface area contributed by atoms with E-state index in [1.165, 1.54) is 7.05 Å². The maximum atomic E-state index is 9.93. The van der Waals surface area contributed by atoms with Gasteiger partial charge in [0.25, 0.3) is 0 Å². The molecular formula is C3H8LiNO3S. The molecule has 0 fully saturated rings. The molecule has 0 spiro atoms. The molecule has 0 rings (SSSR count). The van der Waals surface area contributed by atoms with Crippen LogP contribution in [0.15, 0.2) is 0 Å². The van der Waals surface area contributed by atoms with E-state index in [0.717, 1.165) is 4.31 Å². The summed E-state index contributed by atoms with van der Waals surface area (Å²) in [6.07, 6.45) is 0. The first-order valence-corrected chi connectivity index (χ1v) is 3.52. The predicted molar refractivity (Wildman–Crippen MR) is 28.0 cm³/mol. The van der Waals surface area contributed by atoms with E-state index >= 15 is 0 Å². The zero-order chi connectivity index (χ0) is 6.78. The normalized spacial score (nSPS) is 11.1. The van der Waals surface area contributed by atoms with Crippen LogP contribution >= 0.6 is 0 Å². The second-order valence-corrected chi connectivity index (χ2v) is 2.85. The van der Waals surface area contributed by atoms with E-state index in [0.29, 0.717) is 0 Å². The maximum Gasteiger partial charge on any atom is 1.00 e. The number of nitrogens with zero attached hydrogens (tertiary/aromatic N) is 1. The van der Waals surface area contributed by atoms with Gasteiger partial charge in [0.15, 0.2) is 10.3 Å². The van der Waals surface area contributed by atoms with Crippen molar-refractivity contribution in [2.75, 3.05) is 13.6 Å². The molecule has 0 aliphatic heterocycles. The fourth-order valence-electron chi connectivity index (χ4n) is 0.158. The summed E-state index contributed by atoms with van der Waals surface area (Å²) in [4.78, 5) is 0. The topological polar surface area (TPSA) is 60.4 Å². The first-order chi connectivity index (χ1) is 3.48. The maximum absolute atomic E-state index is 9.93. The standard InChI is InChI=1S/C3H9NO3S.Li/c1-3-4(2)8(5,6)7;/h3H2,1-2H3,(H,5,6,7);/q;+1/p-1. The molecule has 0 aliphatic rings. The van der Waals surface area contributed by atoms with E-state index in [4.69, 9.17) is 0 Å². The van der Waals surface area contributed by atoms with Crippen molar-refractivity contribution in [3.63, 3.8) is 0 Å². The van der Waals surface area contributed by atoms with E-state index in [1.54, 1.807) is 6.92 Å². The Hall–Kier alpha value is 0.467.